The average molecular weight is 232 g/mol. The second-order valence-corrected chi connectivity index (χ2v) is 9.21. The Morgan fingerprint density at radius 2 is 1.94 bits per heavy atom. The Morgan fingerprint density at radius 3 is 2.56 bits per heavy atom. The lowest BCUT2D eigenvalue weighted by Crippen LogP contribution is -2.23. The number of benzene rings is 1. The summed E-state index contributed by atoms with van der Waals surface area (Å²) in [7, 11) is -1.61. The largest absolute Gasteiger partial charge is 0.542 e. The topological polar surface area (TPSA) is 22.4 Å². The summed E-state index contributed by atoms with van der Waals surface area (Å²) in [5, 5.41) is 1.08. The smallest absolute Gasteiger partial charge is 0.242 e. The Kier molecular flexibility index (Phi) is 2.64. The van der Waals surface area contributed by atoms with Crippen LogP contribution >= 0.6 is 0 Å². The van der Waals surface area contributed by atoms with Crippen LogP contribution in [0, 0.1) is 0 Å². The fourth-order valence-corrected chi connectivity index (χ4v) is 2.38. The molecule has 0 spiro atoms. The van der Waals surface area contributed by atoms with Gasteiger partial charge in [-0.15, -0.1) is 0 Å². The van der Waals surface area contributed by atoms with E-state index in [4.69, 9.17) is 8.84 Å². The van der Waals surface area contributed by atoms with Crippen LogP contribution in [-0.4, -0.2) is 8.32 Å². The molecule has 1 aromatic carbocycles. The van der Waals surface area contributed by atoms with Gasteiger partial charge in [0.05, 0.1) is 0 Å². The van der Waals surface area contributed by atoms with Gasteiger partial charge in [0.25, 0.3) is 0 Å². The zero-order valence-electron chi connectivity index (χ0n) is 9.91. The molecule has 1 heterocycles. The number of para-hydroxylation sites is 1. The summed E-state index contributed by atoms with van der Waals surface area (Å²) in [5.74, 6) is 1.36. The van der Waals surface area contributed by atoms with Gasteiger partial charge >= 0.3 is 0 Å². The van der Waals surface area contributed by atoms with Crippen molar-refractivity contribution in [2.75, 3.05) is 0 Å². The molecule has 2 aromatic rings. The molecule has 0 fully saturated rings. The Bertz CT molecular complexity index is 487. The third-order valence-corrected chi connectivity index (χ3v) is 2.99. The van der Waals surface area contributed by atoms with Crippen LogP contribution in [0.3, 0.4) is 0 Å². The monoisotopic (exact) mass is 232 g/mol. The molecule has 0 N–H and O–H groups in total. The van der Waals surface area contributed by atoms with E-state index in [9.17, 15) is 0 Å². The molecule has 3 heteroatoms. The van der Waals surface area contributed by atoms with Crippen LogP contribution in [0.2, 0.25) is 19.6 Å². The molecule has 16 heavy (non-hydrogen) atoms. The van der Waals surface area contributed by atoms with E-state index >= 15 is 0 Å². The van der Waals surface area contributed by atoms with Crippen LogP contribution in [0.1, 0.15) is 5.76 Å². The van der Waals surface area contributed by atoms with Crippen molar-refractivity contribution in [1.29, 1.82) is 0 Å². The summed E-state index contributed by atoms with van der Waals surface area (Å²) in [6, 6.07) is 9.88. The molecule has 84 valence electrons. The first-order valence-corrected chi connectivity index (χ1v) is 8.73. The molecule has 0 amide bonds. The van der Waals surface area contributed by atoms with E-state index in [0.717, 1.165) is 16.7 Å². The SMILES string of the molecule is C=C(O[Si](C)(C)C)c1cc2ccccc2o1. The fraction of sp³-hybridized carbons (Fsp3) is 0.231. The van der Waals surface area contributed by atoms with Crippen LogP contribution in [-0.2, 0) is 4.43 Å². The van der Waals surface area contributed by atoms with Gasteiger partial charge in [-0.05, 0) is 31.8 Å². The molecular weight excluding hydrogens is 216 g/mol. The van der Waals surface area contributed by atoms with Crippen molar-refractivity contribution in [1.82, 2.24) is 0 Å². The number of hydrogen-bond acceptors (Lipinski definition) is 2. The molecule has 0 aliphatic carbocycles. The van der Waals surface area contributed by atoms with E-state index < -0.39 is 8.32 Å². The van der Waals surface area contributed by atoms with Gasteiger partial charge in [-0.2, -0.15) is 0 Å². The highest BCUT2D eigenvalue weighted by atomic mass is 28.4. The van der Waals surface area contributed by atoms with E-state index in [-0.39, 0.29) is 0 Å². The molecule has 2 nitrogen and oxygen atoms in total. The predicted molar refractivity (Wildman–Crippen MR) is 69.7 cm³/mol. The minimum absolute atomic E-state index is 0.635. The van der Waals surface area contributed by atoms with Crippen LogP contribution < -0.4 is 0 Å². The van der Waals surface area contributed by atoms with Crippen molar-refractivity contribution in [2.45, 2.75) is 19.6 Å². The Balaban J connectivity index is 2.30. The second-order valence-electron chi connectivity index (χ2n) is 4.79. The Labute approximate surface area is 96.7 Å². The van der Waals surface area contributed by atoms with Crippen LogP contribution in [0.4, 0.5) is 0 Å². The molecule has 0 saturated carbocycles. The van der Waals surface area contributed by atoms with E-state index in [2.05, 4.69) is 26.2 Å². The molecule has 0 atom stereocenters. The van der Waals surface area contributed by atoms with Crippen LogP contribution in [0.15, 0.2) is 41.3 Å². The van der Waals surface area contributed by atoms with Crippen molar-refractivity contribution >= 4 is 25.0 Å². The summed E-state index contributed by atoms with van der Waals surface area (Å²) < 4.78 is 11.5. The first kappa shape index (κ1) is 11.0. The lowest BCUT2D eigenvalue weighted by atomic mass is 10.2. The van der Waals surface area contributed by atoms with Crippen molar-refractivity contribution < 1.29 is 8.84 Å². The molecule has 0 radical (unpaired) electrons. The van der Waals surface area contributed by atoms with Crippen molar-refractivity contribution in [2.24, 2.45) is 0 Å². The maximum atomic E-state index is 5.80. The first-order chi connectivity index (χ1) is 7.46. The van der Waals surface area contributed by atoms with Gasteiger partial charge in [0.2, 0.25) is 8.32 Å². The fourth-order valence-electron chi connectivity index (χ4n) is 1.54. The second kappa shape index (κ2) is 3.83. The maximum absolute atomic E-state index is 5.80. The minimum atomic E-state index is -1.61. The molecule has 0 bridgehead atoms. The maximum Gasteiger partial charge on any atom is 0.242 e. The zero-order chi connectivity index (χ0) is 11.8. The first-order valence-electron chi connectivity index (χ1n) is 5.32. The Morgan fingerprint density at radius 1 is 1.25 bits per heavy atom. The normalized spacial score (nSPS) is 11.7. The van der Waals surface area contributed by atoms with Gasteiger partial charge in [0, 0.05) is 5.39 Å². The molecule has 0 unspecified atom stereocenters. The molecular formula is C13H16O2Si. The highest BCUT2D eigenvalue weighted by Crippen LogP contribution is 2.26. The van der Waals surface area contributed by atoms with E-state index in [1.165, 1.54) is 0 Å². The third kappa shape index (κ3) is 2.36. The van der Waals surface area contributed by atoms with Crippen LogP contribution in [0.5, 0.6) is 0 Å². The Hall–Kier alpha value is -1.48. The average Bonchev–Trinajstić information content (AvgIpc) is 2.58. The highest BCUT2D eigenvalue weighted by Gasteiger charge is 2.19. The van der Waals surface area contributed by atoms with Crippen molar-refractivity contribution in [3.8, 4) is 0 Å². The summed E-state index contributed by atoms with van der Waals surface area (Å²) in [6.45, 7) is 10.3. The van der Waals surface area contributed by atoms with Gasteiger partial charge in [0.1, 0.15) is 11.3 Å². The molecule has 1 aromatic heterocycles. The molecule has 0 aliphatic heterocycles. The highest BCUT2D eigenvalue weighted by molar-refractivity contribution is 6.70. The van der Waals surface area contributed by atoms with Gasteiger partial charge in [-0.25, -0.2) is 0 Å². The quantitative estimate of drug-likeness (QED) is 0.583. The summed E-state index contributed by atoms with van der Waals surface area (Å²) in [5.41, 5.74) is 0.873. The molecule has 0 aliphatic rings. The standard InChI is InChI=1S/C13H16O2Si/c1-10(15-16(2,3)4)13-9-11-7-5-6-8-12(11)14-13/h5-9H,1H2,2-4H3. The van der Waals surface area contributed by atoms with Crippen LogP contribution in [0.25, 0.3) is 16.7 Å². The molecule has 0 saturated heterocycles. The van der Waals surface area contributed by atoms with E-state index in [0.29, 0.717) is 5.76 Å². The summed E-state index contributed by atoms with van der Waals surface area (Å²) in [6.07, 6.45) is 0. The van der Waals surface area contributed by atoms with E-state index in [1.54, 1.807) is 0 Å². The van der Waals surface area contributed by atoms with Gasteiger partial charge in [-0.3, -0.25) is 0 Å². The number of hydrogen-bond donors (Lipinski definition) is 0. The predicted octanol–water partition coefficient (Wildman–Crippen LogP) is 4.26. The number of fused-ring (bicyclic) bond motifs is 1. The van der Waals surface area contributed by atoms with Gasteiger partial charge < -0.3 is 8.84 Å². The van der Waals surface area contributed by atoms with E-state index in [1.807, 2.05) is 30.3 Å². The number of furan rings is 1. The minimum Gasteiger partial charge on any atom is -0.542 e. The lowest BCUT2D eigenvalue weighted by Gasteiger charge is -2.19. The lowest BCUT2D eigenvalue weighted by molar-refractivity contribution is 0.477. The van der Waals surface area contributed by atoms with Crippen molar-refractivity contribution in [3.05, 3.63) is 42.7 Å². The molecule has 2 rings (SSSR count). The van der Waals surface area contributed by atoms with Gasteiger partial charge in [0.15, 0.2) is 5.76 Å². The zero-order valence-corrected chi connectivity index (χ0v) is 10.9. The third-order valence-electron chi connectivity index (χ3n) is 2.13. The summed E-state index contributed by atoms with van der Waals surface area (Å²) in [4.78, 5) is 0. The summed E-state index contributed by atoms with van der Waals surface area (Å²) >= 11 is 0. The number of rotatable bonds is 3. The van der Waals surface area contributed by atoms with Gasteiger partial charge in [-0.1, -0.05) is 24.8 Å². The van der Waals surface area contributed by atoms with Crippen molar-refractivity contribution in [3.63, 3.8) is 0 Å².